The number of carbonyl (C=O) groups is 2. The molecule has 3 rings (SSSR count). The maximum Gasteiger partial charge on any atom is 0.303 e. The number of aryl methyl sites for hydroxylation is 1. The summed E-state index contributed by atoms with van der Waals surface area (Å²) >= 11 is 0. The molecule has 2 saturated heterocycles. The van der Waals surface area contributed by atoms with Crippen LogP contribution in [0.2, 0.25) is 0 Å². The lowest BCUT2D eigenvalue weighted by atomic mass is 9.88. The fourth-order valence-corrected chi connectivity index (χ4v) is 3.88. The predicted molar refractivity (Wildman–Crippen MR) is 79.1 cm³/mol. The normalized spacial score (nSPS) is 27.7. The first-order valence-electron chi connectivity index (χ1n) is 7.65. The zero-order chi connectivity index (χ0) is 15.0. The Bertz CT molecular complexity index is 538. The van der Waals surface area contributed by atoms with Gasteiger partial charge in [-0.05, 0) is 50.7 Å². The molecule has 112 valence electrons. The molecule has 0 radical (unpaired) electrons. The zero-order valence-corrected chi connectivity index (χ0v) is 12.3. The van der Waals surface area contributed by atoms with Crippen molar-refractivity contribution in [2.45, 2.75) is 51.1 Å². The smallest absolute Gasteiger partial charge is 0.303 e. The SMILES string of the molecule is Cc1ccc(C(=O)N2C3CCC2CC(CC(=O)O)C3)cc1. The number of fused-ring (bicyclic) bond motifs is 2. The van der Waals surface area contributed by atoms with Crippen molar-refractivity contribution >= 4 is 11.9 Å². The molecule has 2 bridgehead atoms. The quantitative estimate of drug-likeness (QED) is 0.930. The second-order valence-electron chi connectivity index (χ2n) is 6.40. The number of hydrogen-bond acceptors (Lipinski definition) is 2. The van der Waals surface area contributed by atoms with E-state index in [1.807, 2.05) is 36.1 Å². The molecular formula is C17H21NO3. The number of aliphatic carboxylic acids is 1. The van der Waals surface area contributed by atoms with Crippen LogP contribution in [0.4, 0.5) is 0 Å². The largest absolute Gasteiger partial charge is 0.481 e. The van der Waals surface area contributed by atoms with Crippen molar-refractivity contribution in [2.24, 2.45) is 5.92 Å². The third kappa shape index (κ3) is 2.80. The Labute approximate surface area is 124 Å². The van der Waals surface area contributed by atoms with Crippen LogP contribution in [0.25, 0.3) is 0 Å². The minimum atomic E-state index is -0.724. The number of hydrogen-bond donors (Lipinski definition) is 1. The fourth-order valence-electron chi connectivity index (χ4n) is 3.88. The van der Waals surface area contributed by atoms with E-state index < -0.39 is 5.97 Å². The molecule has 0 aliphatic carbocycles. The number of nitrogens with zero attached hydrogens (tertiary/aromatic N) is 1. The number of rotatable bonds is 3. The molecule has 4 heteroatoms. The van der Waals surface area contributed by atoms with Gasteiger partial charge in [-0.2, -0.15) is 0 Å². The molecule has 2 heterocycles. The molecule has 0 spiro atoms. The van der Waals surface area contributed by atoms with Gasteiger partial charge in [0.05, 0.1) is 0 Å². The highest BCUT2D eigenvalue weighted by atomic mass is 16.4. The van der Waals surface area contributed by atoms with Crippen molar-refractivity contribution in [2.75, 3.05) is 0 Å². The standard InChI is InChI=1S/C17H21NO3/c1-11-2-4-13(5-3-11)17(21)18-14-6-7-15(18)9-12(8-14)10-16(19)20/h2-5,12,14-15H,6-10H2,1H3,(H,19,20). The number of carboxylic acids is 1. The third-order valence-corrected chi connectivity index (χ3v) is 4.83. The second-order valence-corrected chi connectivity index (χ2v) is 6.40. The first-order valence-corrected chi connectivity index (χ1v) is 7.65. The molecular weight excluding hydrogens is 266 g/mol. The average molecular weight is 287 g/mol. The van der Waals surface area contributed by atoms with Crippen molar-refractivity contribution in [3.05, 3.63) is 35.4 Å². The van der Waals surface area contributed by atoms with E-state index in [-0.39, 0.29) is 30.3 Å². The van der Waals surface area contributed by atoms with Crippen molar-refractivity contribution in [1.29, 1.82) is 0 Å². The topological polar surface area (TPSA) is 57.6 Å². The minimum Gasteiger partial charge on any atom is -0.481 e. The van der Waals surface area contributed by atoms with Gasteiger partial charge in [-0.3, -0.25) is 9.59 Å². The van der Waals surface area contributed by atoms with Crippen LogP contribution >= 0.6 is 0 Å². The molecule has 2 fully saturated rings. The molecule has 2 aliphatic rings. The summed E-state index contributed by atoms with van der Waals surface area (Å²) < 4.78 is 0. The number of piperidine rings is 1. The average Bonchev–Trinajstić information content (AvgIpc) is 2.70. The monoisotopic (exact) mass is 287 g/mol. The van der Waals surface area contributed by atoms with Gasteiger partial charge in [-0.25, -0.2) is 0 Å². The Morgan fingerprint density at radius 3 is 2.24 bits per heavy atom. The van der Waals surface area contributed by atoms with Crippen LogP contribution in [-0.2, 0) is 4.79 Å². The van der Waals surface area contributed by atoms with Crippen LogP contribution in [-0.4, -0.2) is 34.0 Å². The maximum absolute atomic E-state index is 12.7. The van der Waals surface area contributed by atoms with Gasteiger partial charge in [0.1, 0.15) is 0 Å². The van der Waals surface area contributed by atoms with Crippen LogP contribution < -0.4 is 0 Å². The number of benzene rings is 1. The molecule has 1 aromatic rings. The van der Waals surface area contributed by atoms with Gasteiger partial charge in [-0.1, -0.05) is 17.7 Å². The van der Waals surface area contributed by atoms with Gasteiger partial charge in [0.15, 0.2) is 0 Å². The van der Waals surface area contributed by atoms with E-state index in [2.05, 4.69) is 0 Å². The summed E-state index contributed by atoms with van der Waals surface area (Å²) in [5.74, 6) is -0.393. The van der Waals surface area contributed by atoms with Gasteiger partial charge in [-0.15, -0.1) is 0 Å². The van der Waals surface area contributed by atoms with Crippen molar-refractivity contribution in [3.8, 4) is 0 Å². The third-order valence-electron chi connectivity index (χ3n) is 4.83. The molecule has 1 N–H and O–H groups in total. The highest BCUT2D eigenvalue weighted by Crippen LogP contribution is 2.40. The van der Waals surface area contributed by atoms with Gasteiger partial charge in [0, 0.05) is 24.1 Å². The molecule has 1 aromatic carbocycles. The zero-order valence-electron chi connectivity index (χ0n) is 12.3. The summed E-state index contributed by atoms with van der Waals surface area (Å²) in [7, 11) is 0. The maximum atomic E-state index is 12.7. The summed E-state index contributed by atoms with van der Waals surface area (Å²) in [6.45, 7) is 2.01. The molecule has 2 unspecified atom stereocenters. The Kier molecular flexibility index (Phi) is 3.70. The number of carboxylic acid groups (broad SMARTS) is 1. The summed E-state index contributed by atoms with van der Waals surface area (Å²) in [4.78, 5) is 25.6. The van der Waals surface area contributed by atoms with E-state index >= 15 is 0 Å². The first kappa shape index (κ1) is 14.1. The van der Waals surface area contributed by atoms with Crippen molar-refractivity contribution in [1.82, 2.24) is 4.90 Å². The number of carbonyl (C=O) groups excluding carboxylic acids is 1. The summed E-state index contributed by atoms with van der Waals surface area (Å²) in [5, 5.41) is 8.96. The lowest BCUT2D eigenvalue weighted by molar-refractivity contribution is -0.138. The molecule has 2 atom stereocenters. The minimum absolute atomic E-state index is 0.108. The Balaban J connectivity index is 1.74. The van der Waals surface area contributed by atoms with E-state index in [0.29, 0.717) is 0 Å². The lowest BCUT2D eigenvalue weighted by Gasteiger charge is -2.38. The predicted octanol–water partition coefficient (Wildman–Crippen LogP) is 2.85. The van der Waals surface area contributed by atoms with Crippen LogP contribution in [0.3, 0.4) is 0 Å². The van der Waals surface area contributed by atoms with Crippen LogP contribution in [0.1, 0.15) is 48.0 Å². The molecule has 2 aliphatic heterocycles. The second kappa shape index (κ2) is 5.51. The Hall–Kier alpha value is -1.84. The van der Waals surface area contributed by atoms with E-state index in [1.54, 1.807) is 0 Å². The molecule has 0 aromatic heterocycles. The first-order chi connectivity index (χ1) is 10.0. The van der Waals surface area contributed by atoms with Gasteiger partial charge < -0.3 is 10.0 Å². The van der Waals surface area contributed by atoms with Gasteiger partial charge >= 0.3 is 5.97 Å². The molecule has 4 nitrogen and oxygen atoms in total. The van der Waals surface area contributed by atoms with Gasteiger partial charge in [0.25, 0.3) is 5.91 Å². The lowest BCUT2D eigenvalue weighted by Crippen LogP contribution is -2.46. The molecule has 0 saturated carbocycles. The molecule has 1 amide bonds. The summed E-state index contributed by atoms with van der Waals surface area (Å²) in [5.41, 5.74) is 1.89. The van der Waals surface area contributed by atoms with Crippen molar-refractivity contribution in [3.63, 3.8) is 0 Å². The summed E-state index contributed by atoms with van der Waals surface area (Å²) in [6.07, 6.45) is 3.93. The van der Waals surface area contributed by atoms with E-state index in [1.165, 1.54) is 0 Å². The van der Waals surface area contributed by atoms with Crippen LogP contribution in [0.15, 0.2) is 24.3 Å². The highest BCUT2D eigenvalue weighted by molar-refractivity contribution is 5.95. The summed E-state index contributed by atoms with van der Waals surface area (Å²) in [6, 6.07) is 8.16. The van der Waals surface area contributed by atoms with Crippen LogP contribution in [0, 0.1) is 12.8 Å². The molecule has 21 heavy (non-hydrogen) atoms. The highest BCUT2D eigenvalue weighted by Gasteiger charge is 2.43. The van der Waals surface area contributed by atoms with E-state index in [4.69, 9.17) is 5.11 Å². The van der Waals surface area contributed by atoms with E-state index in [9.17, 15) is 9.59 Å². The Morgan fingerprint density at radius 2 is 1.71 bits per heavy atom. The Morgan fingerprint density at radius 1 is 1.14 bits per heavy atom. The fraction of sp³-hybridized carbons (Fsp3) is 0.529. The van der Waals surface area contributed by atoms with Crippen LogP contribution in [0.5, 0.6) is 0 Å². The van der Waals surface area contributed by atoms with Crippen molar-refractivity contribution < 1.29 is 14.7 Å². The van der Waals surface area contributed by atoms with Gasteiger partial charge in [0.2, 0.25) is 0 Å². The number of amides is 1. The van der Waals surface area contributed by atoms with E-state index in [0.717, 1.165) is 36.8 Å².